The zero-order valence-electron chi connectivity index (χ0n) is 8.84. The largest absolute Gasteiger partial charge is 0.373 e. The molecule has 0 aromatic heterocycles. The molecule has 1 fully saturated rings. The fourth-order valence-electron chi connectivity index (χ4n) is 1.56. The monoisotopic (exact) mass is 204 g/mol. The lowest BCUT2D eigenvalue weighted by Gasteiger charge is -2.31. The minimum absolute atomic E-state index is 0.0793. The van der Waals surface area contributed by atoms with Crippen molar-refractivity contribution in [3.8, 4) is 0 Å². The number of hydrogen-bond acceptors (Lipinski definition) is 2. The first-order chi connectivity index (χ1) is 5.79. The van der Waals surface area contributed by atoms with E-state index in [1.165, 1.54) is 0 Å². The van der Waals surface area contributed by atoms with Gasteiger partial charge in [0.1, 0.15) is 0 Å². The Morgan fingerprint density at radius 3 is 2.15 bits per heavy atom. The zero-order valence-corrected chi connectivity index (χ0v) is 9.65. The number of ether oxygens (including phenoxy) is 1. The number of rotatable bonds is 1. The molecule has 0 N–H and O–H groups in total. The van der Waals surface area contributed by atoms with E-state index in [4.69, 9.17) is 4.74 Å². The van der Waals surface area contributed by atoms with Crippen LogP contribution in [0.2, 0.25) is 0 Å². The summed E-state index contributed by atoms with van der Waals surface area (Å²) in [6.45, 7) is 6.18. The van der Waals surface area contributed by atoms with Gasteiger partial charge in [0, 0.05) is 11.5 Å². The van der Waals surface area contributed by atoms with Gasteiger partial charge in [-0.05, 0) is 49.0 Å². The number of hydrogen-bond donors (Lipinski definition) is 0. The summed E-state index contributed by atoms with van der Waals surface area (Å²) in [5.41, 5.74) is -0.0793. The molecule has 0 aromatic carbocycles. The summed E-state index contributed by atoms with van der Waals surface area (Å²) in [5.74, 6) is 5.19. The molecule has 0 aliphatic carbocycles. The highest BCUT2D eigenvalue weighted by atomic mass is 32.2. The second-order valence-electron chi connectivity index (χ2n) is 4.80. The average Bonchev–Trinajstić information content (AvgIpc) is 1.91. The first kappa shape index (κ1) is 11.1. The summed E-state index contributed by atoms with van der Waals surface area (Å²) in [7, 11) is -1.75. The molecule has 0 spiro atoms. The van der Waals surface area contributed by atoms with E-state index in [1.807, 2.05) is 0 Å². The quantitative estimate of drug-likeness (QED) is 0.607. The van der Waals surface area contributed by atoms with E-state index in [-0.39, 0.29) is 11.7 Å². The van der Waals surface area contributed by atoms with Gasteiger partial charge in [0.25, 0.3) is 0 Å². The molecule has 3 heteroatoms. The molecule has 0 atom stereocenters. The molecule has 0 amide bonds. The smallest absolute Gasteiger partial charge is 0.0602 e. The van der Waals surface area contributed by atoms with Crippen molar-refractivity contribution in [1.82, 2.24) is 0 Å². The Morgan fingerprint density at radius 1 is 1.31 bits per heavy atom. The summed E-state index contributed by atoms with van der Waals surface area (Å²) < 4.78 is 17.4. The average molecular weight is 204 g/mol. The first-order valence-corrected chi connectivity index (χ1v) is 6.85. The van der Waals surface area contributed by atoms with Crippen molar-refractivity contribution >= 4 is 15.4 Å². The Bertz CT molecular complexity index is 245. The maximum Gasteiger partial charge on any atom is 0.0602 e. The van der Waals surface area contributed by atoms with Crippen LogP contribution in [0.15, 0.2) is 0 Å². The van der Waals surface area contributed by atoms with Crippen LogP contribution in [0.5, 0.6) is 0 Å². The molecule has 1 heterocycles. The highest BCUT2D eigenvalue weighted by Crippen LogP contribution is 2.20. The highest BCUT2D eigenvalue weighted by Gasteiger charge is 2.24. The van der Waals surface area contributed by atoms with E-state index in [9.17, 15) is 4.21 Å². The third kappa shape index (κ3) is 4.14. The van der Waals surface area contributed by atoms with Crippen molar-refractivity contribution in [2.75, 3.05) is 11.5 Å². The Balaban J connectivity index is 2.43. The fourth-order valence-corrected chi connectivity index (χ4v) is 3.15. The van der Waals surface area contributed by atoms with Crippen molar-refractivity contribution in [3.63, 3.8) is 0 Å². The lowest BCUT2D eigenvalue weighted by molar-refractivity contribution is -0.0625. The van der Waals surface area contributed by atoms with Gasteiger partial charge in [0.05, 0.1) is 11.7 Å². The Labute approximate surface area is 81.7 Å². The highest BCUT2D eigenvalue weighted by molar-refractivity contribution is 8.00. The third-order valence-electron chi connectivity index (χ3n) is 2.14. The van der Waals surface area contributed by atoms with Crippen molar-refractivity contribution in [2.45, 2.75) is 45.3 Å². The third-order valence-corrected chi connectivity index (χ3v) is 4.10. The molecular formula is C10H20O2S. The van der Waals surface area contributed by atoms with E-state index in [1.54, 1.807) is 0 Å². The Kier molecular flexibility index (Phi) is 3.08. The fraction of sp³-hybridized carbons (Fsp3) is 0.900. The van der Waals surface area contributed by atoms with Crippen molar-refractivity contribution < 1.29 is 8.95 Å². The predicted molar refractivity (Wildman–Crippen MR) is 58.9 cm³/mol. The molecule has 0 aromatic rings. The second kappa shape index (κ2) is 3.62. The molecule has 1 aliphatic heterocycles. The summed E-state index contributed by atoms with van der Waals surface area (Å²) in [6, 6.07) is 0. The van der Waals surface area contributed by atoms with Gasteiger partial charge in [-0.1, -0.05) is 0 Å². The molecule has 1 aliphatic rings. The maximum absolute atomic E-state index is 11.6. The minimum atomic E-state index is -1.75. The van der Waals surface area contributed by atoms with Gasteiger partial charge in [0.2, 0.25) is 0 Å². The van der Waals surface area contributed by atoms with Crippen molar-refractivity contribution in [1.29, 1.82) is 0 Å². The lowest BCUT2D eigenvalue weighted by Crippen LogP contribution is -2.34. The molecular weight excluding hydrogens is 184 g/mol. The summed E-state index contributed by atoms with van der Waals surface area (Å²) in [4.78, 5) is 0. The molecule has 0 saturated carbocycles. The summed E-state index contributed by atoms with van der Waals surface area (Å²) in [6.07, 6.45) is 2.09. The van der Waals surface area contributed by atoms with E-state index >= 15 is 0 Å². The predicted octanol–water partition coefficient (Wildman–Crippen LogP) is 1.68. The van der Waals surface area contributed by atoms with Crippen molar-refractivity contribution in [2.24, 2.45) is 0 Å². The SMILES string of the molecule is C=S1(=O)CCC(OC(C)(C)C)CC1. The molecule has 0 unspecified atom stereocenters. The molecule has 78 valence electrons. The van der Waals surface area contributed by atoms with Crippen LogP contribution < -0.4 is 0 Å². The van der Waals surface area contributed by atoms with Crippen LogP contribution in [0, 0.1) is 0 Å². The van der Waals surface area contributed by atoms with Gasteiger partial charge < -0.3 is 4.74 Å². The van der Waals surface area contributed by atoms with Crippen LogP contribution in [0.4, 0.5) is 0 Å². The van der Waals surface area contributed by atoms with E-state index < -0.39 is 9.52 Å². The Morgan fingerprint density at radius 2 is 1.77 bits per heavy atom. The molecule has 0 bridgehead atoms. The van der Waals surface area contributed by atoms with Gasteiger partial charge in [-0.3, -0.25) is 4.21 Å². The summed E-state index contributed by atoms with van der Waals surface area (Å²) >= 11 is 0. The van der Waals surface area contributed by atoms with Gasteiger partial charge in [-0.2, -0.15) is 0 Å². The minimum Gasteiger partial charge on any atom is -0.373 e. The van der Waals surface area contributed by atoms with Crippen LogP contribution in [0.3, 0.4) is 0 Å². The van der Waals surface area contributed by atoms with Crippen LogP contribution in [-0.2, 0) is 14.3 Å². The molecule has 13 heavy (non-hydrogen) atoms. The zero-order chi connectivity index (χ0) is 10.1. The molecule has 1 rings (SSSR count). The van der Waals surface area contributed by atoms with E-state index in [2.05, 4.69) is 26.6 Å². The van der Waals surface area contributed by atoms with Crippen LogP contribution in [0.1, 0.15) is 33.6 Å². The molecule has 2 nitrogen and oxygen atoms in total. The van der Waals surface area contributed by atoms with Gasteiger partial charge in [-0.25, -0.2) is 0 Å². The standard InChI is InChI=1S/C10H20O2S/c1-10(2,3)12-9-5-7-13(4,11)8-6-9/h9H,4-8H2,1-3H3. The second-order valence-corrected chi connectivity index (χ2v) is 7.55. The van der Waals surface area contributed by atoms with Gasteiger partial charge in [-0.15, -0.1) is 0 Å². The van der Waals surface area contributed by atoms with Crippen LogP contribution >= 0.6 is 0 Å². The van der Waals surface area contributed by atoms with Crippen molar-refractivity contribution in [3.05, 3.63) is 0 Å². The maximum atomic E-state index is 11.6. The van der Waals surface area contributed by atoms with Crippen LogP contribution in [-0.4, -0.2) is 33.3 Å². The van der Waals surface area contributed by atoms with E-state index in [0.29, 0.717) is 0 Å². The molecule has 0 radical (unpaired) electrons. The van der Waals surface area contributed by atoms with Crippen LogP contribution in [0.25, 0.3) is 0 Å². The Hall–Kier alpha value is -0.0200. The topological polar surface area (TPSA) is 26.3 Å². The van der Waals surface area contributed by atoms with Gasteiger partial charge in [0.15, 0.2) is 0 Å². The first-order valence-electron chi connectivity index (χ1n) is 4.79. The van der Waals surface area contributed by atoms with Gasteiger partial charge >= 0.3 is 0 Å². The lowest BCUT2D eigenvalue weighted by atomic mass is 10.1. The normalized spacial score (nSPS) is 36.1. The summed E-state index contributed by atoms with van der Waals surface area (Å²) in [5, 5.41) is 0. The molecule has 1 saturated heterocycles. The van der Waals surface area contributed by atoms with E-state index in [0.717, 1.165) is 24.3 Å².